The van der Waals surface area contributed by atoms with Crippen molar-refractivity contribution in [3.63, 3.8) is 0 Å². The molecule has 0 aliphatic carbocycles. The topological polar surface area (TPSA) is 39.6 Å². The highest BCUT2D eigenvalue weighted by atomic mass is 19.5. The molecule has 9 heteroatoms. The minimum Gasteiger partial charge on any atom is -0.497 e. The molecule has 0 unspecified atom stereocenters. The van der Waals surface area contributed by atoms with Crippen molar-refractivity contribution < 1.29 is 31.4 Å². The van der Waals surface area contributed by atoms with E-state index in [2.05, 4.69) is 36.1 Å². The average molecular weight is 410 g/mol. The van der Waals surface area contributed by atoms with Gasteiger partial charge in [-0.2, -0.15) is 0 Å². The maximum atomic E-state index is 9.75. The molecule has 0 saturated heterocycles. The van der Waals surface area contributed by atoms with E-state index in [1.165, 1.54) is 0 Å². The summed E-state index contributed by atoms with van der Waals surface area (Å²) in [6, 6.07) is 18.1. The van der Waals surface area contributed by atoms with Gasteiger partial charge in [0.15, 0.2) is 6.54 Å². The average Bonchev–Trinajstić information content (AvgIpc) is 2.66. The molecule has 0 amide bonds. The van der Waals surface area contributed by atoms with Gasteiger partial charge >= 0.3 is 7.25 Å². The Labute approximate surface area is 166 Å². The molecule has 1 N–H and O–H groups in total. The first-order valence-corrected chi connectivity index (χ1v) is 8.93. The Morgan fingerprint density at radius 2 is 1.62 bits per heavy atom. The van der Waals surface area contributed by atoms with Crippen LogP contribution in [0.25, 0.3) is 22.3 Å². The van der Waals surface area contributed by atoms with E-state index in [4.69, 9.17) is 9.15 Å². The van der Waals surface area contributed by atoms with Crippen molar-refractivity contribution in [1.82, 2.24) is 4.90 Å². The molecule has 156 valence electrons. The van der Waals surface area contributed by atoms with Crippen LogP contribution in [0.15, 0.2) is 59.0 Å². The molecule has 0 radical (unpaired) electrons. The Kier molecular flexibility index (Phi) is 7.84. The second kappa shape index (κ2) is 10.1. The predicted molar refractivity (Wildman–Crippen MR) is 106 cm³/mol. The maximum Gasteiger partial charge on any atom is 0.673 e. The molecule has 29 heavy (non-hydrogen) atoms. The fourth-order valence-corrected chi connectivity index (χ4v) is 2.59. The van der Waals surface area contributed by atoms with Crippen LogP contribution >= 0.6 is 0 Å². The number of nitrogens with zero attached hydrogens (tertiary/aromatic N) is 1. The fraction of sp³-hybridized carbons (Fsp3) is 0.250. The van der Waals surface area contributed by atoms with Crippen LogP contribution in [0.2, 0.25) is 0 Å². The third kappa shape index (κ3) is 7.61. The van der Waals surface area contributed by atoms with E-state index < -0.39 is 7.25 Å². The van der Waals surface area contributed by atoms with E-state index in [0.29, 0.717) is 0 Å². The summed E-state index contributed by atoms with van der Waals surface area (Å²) in [4.78, 5) is 5.68. The number of hydrogen-bond acceptors (Lipinski definition) is 3. The van der Waals surface area contributed by atoms with Gasteiger partial charge in [-0.3, -0.25) is 0 Å². The molecule has 4 nitrogen and oxygen atoms in total. The van der Waals surface area contributed by atoms with Gasteiger partial charge in [0.25, 0.3) is 0 Å². The van der Waals surface area contributed by atoms with Crippen molar-refractivity contribution in [3.05, 3.63) is 60.0 Å². The summed E-state index contributed by atoms with van der Waals surface area (Å²) < 4.78 is 50.3. The van der Waals surface area contributed by atoms with Crippen molar-refractivity contribution >= 4 is 18.2 Å². The molecular formula is C20H23BF4N2O2. The van der Waals surface area contributed by atoms with E-state index in [1.54, 1.807) is 7.11 Å². The van der Waals surface area contributed by atoms with Gasteiger partial charge in [-0.05, 0) is 50.5 Å². The van der Waals surface area contributed by atoms with Gasteiger partial charge in [-0.25, -0.2) is 4.99 Å². The van der Waals surface area contributed by atoms with Gasteiger partial charge < -0.3 is 31.3 Å². The van der Waals surface area contributed by atoms with Gasteiger partial charge in [-0.1, -0.05) is 12.1 Å². The number of rotatable bonds is 5. The monoisotopic (exact) mass is 410 g/mol. The van der Waals surface area contributed by atoms with Crippen LogP contribution in [0, 0.1) is 0 Å². The lowest BCUT2D eigenvalue weighted by molar-refractivity contribution is -0.499. The highest BCUT2D eigenvalue weighted by molar-refractivity contribution is 6.50. The summed E-state index contributed by atoms with van der Waals surface area (Å²) in [6.07, 6.45) is 0. The van der Waals surface area contributed by atoms with Crippen LogP contribution in [0.4, 0.5) is 17.3 Å². The van der Waals surface area contributed by atoms with Crippen molar-refractivity contribution in [2.24, 2.45) is 0 Å². The Bertz CT molecular complexity index is 980. The second-order valence-corrected chi connectivity index (χ2v) is 6.47. The molecule has 1 aromatic heterocycles. The van der Waals surface area contributed by atoms with Crippen LogP contribution in [0.5, 0.6) is 5.75 Å². The fourth-order valence-electron chi connectivity index (χ4n) is 2.59. The van der Waals surface area contributed by atoms with Crippen molar-refractivity contribution in [3.8, 4) is 17.1 Å². The summed E-state index contributed by atoms with van der Waals surface area (Å²) in [5, 5.41) is 2.18. The minimum atomic E-state index is -6.00. The normalized spacial score (nSPS) is 12.1. The third-order valence-electron chi connectivity index (χ3n) is 3.92. The number of halogens is 4. The van der Waals surface area contributed by atoms with Crippen molar-refractivity contribution in [2.45, 2.75) is 0 Å². The summed E-state index contributed by atoms with van der Waals surface area (Å²) in [5.74, 6) is 1.67. The molecule has 3 rings (SSSR count). The van der Waals surface area contributed by atoms with E-state index in [-0.39, 0.29) is 0 Å². The molecule has 1 heterocycles. The van der Waals surface area contributed by atoms with Gasteiger partial charge in [0.1, 0.15) is 17.1 Å². The van der Waals surface area contributed by atoms with Crippen LogP contribution in [0.1, 0.15) is 0 Å². The molecule has 0 aliphatic heterocycles. The van der Waals surface area contributed by atoms with Gasteiger partial charge in [-0.15, -0.1) is 0 Å². The quantitative estimate of drug-likeness (QED) is 0.520. The first-order chi connectivity index (χ1) is 13.7. The zero-order chi connectivity index (χ0) is 21.4. The first kappa shape index (κ1) is 22.5. The lowest BCUT2D eigenvalue weighted by Gasteiger charge is -2.05. The molecule has 3 aromatic rings. The number of nitrogens with one attached hydrogen (secondary N) is 1. The summed E-state index contributed by atoms with van der Waals surface area (Å²) in [7, 11) is -0.187. The number of likely N-dealkylation sites (N-methyl/N-ethyl adjacent to an activating group) is 1. The van der Waals surface area contributed by atoms with E-state index in [9.17, 15) is 17.3 Å². The third-order valence-corrected chi connectivity index (χ3v) is 3.92. The highest BCUT2D eigenvalue weighted by Gasteiger charge is 2.20. The van der Waals surface area contributed by atoms with E-state index in [1.807, 2.05) is 42.5 Å². The zero-order valence-electron chi connectivity index (χ0n) is 16.5. The predicted octanol–water partition coefficient (Wildman–Crippen LogP) is 2.95. The molecule has 0 aliphatic rings. The number of ether oxygens (including phenoxy) is 1. The second-order valence-electron chi connectivity index (χ2n) is 6.47. The number of hydrogen-bond donors (Lipinski definition) is 1. The van der Waals surface area contributed by atoms with E-state index >= 15 is 0 Å². The van der Waals surface area contributed by atoms with Crippen LogP contribution in [0.3, 0.4) is 0 Å². The first-order valence-electron chi connectivity index (χ1n) is 8.93. The Morgan fingerprint density at radius 1 is 1.00 bits per heavy atom. The Balaban J connectivity index is 0.000000537. The standard InChI is InChI=1S/C20H22N2O2.BF4/c1-22(2)13-12-21-18-14-20(15-8-10-16(23-3)11-9-15)24-19-7-5-4-6-17(18)19;2-1(3,4)5/h4-11,14H,12-13H2,1-3H3;/q;-1/p+1. The molecular weight excluding hydrogens is 387 g/mol. The smallest absolute Gasteiger partial charge is 0.497 e. The lowest BCUT2D eigenvalue weighted by Crippen LogP contribution is -2.78. The SMILES string of the molecule is COc1ccc(-c2cc(=[NH+]CCN(C)C)c3ccccc3o2)cc1.F[B-](F)(F)F. The molecule has 0 spiro atoms. The molecule has 0 fully saturated rings. The summed E-state index contributed by atoms with van der Waals surface area (Å²) in [6.45, 7) is 1.85. The number of fused-ring (bicyclic) bond motifs is 1. The molecule has 0 saturated carbocycles. The van der Waals surface area contributed by atoms with Crippen LogP contribution in [-0.2, 0) is 0 Å². The molecule has 2 aromatic carbocycles. The minimum absolute atomic E-state index is 0.837. The molecule has 0 atom stereocenters. The Morgan fingerprint density at radius 3 is 2.21 bits per heavy atom. The maximum absolute atomic E-state index is 9.75. The largest absolute Gasteiger partial charge is 0.673 e. The number of benzene rings is 2. The lowest BCUT2D eigenvalue weighted by atomic mass is 10.1. The zero-order valence-corrected chi connectivity index (χ0v) is 16.5. The highest BCUT2D eigenvalue weighted by Crippen LogP contribution is 2.23. The van der Waals surface area contributed by atoms with Crippen molar-refractivity contribution in [1.29, 1.82) is 0 Å². The number of methoxy groups -OCH3 is 1. The Hall–Kier alpha value is -2.81. The summed E-state index contributed by atoms with van der Waals surface area (Å²) >= 11 is 0. The van der Waals surface area contributed by atoms with E-state index in [0.717, 1.165) is 46.5 Å². The van der Waals surface area contributed by atoms with Gasteiger partial charge in [0.05, 0.1) is 25.1 Å². The van der Waals surface area contributed by atoms with Crippen molar-refractivity contribution in [2.75, 3.05) is 34.3 Å². The van der Waals surface area contributed by atoms with Gasteiger partial charge in [0.2, 0.25) is 5.36 Å². The van der Waals surface area contributed by atoms with Gasteiger partial charge in [0, 0.05) is 5.56 Å². The van der Waals surface area contributed by atoms with Crippen LogP contribution < -0.4 is 15.1 Å². The van der Waals surface area contributed by atoms with Crippen LogP contribution in [-0.4, -0.2) is 46.4 Å². The summed E-state index contributed by atoms with van der Waals surface area (Å²) in [5.41, 5.74) is 1.90. The molecule has 0 bridgehead atoms. The number of para-hydroxylation sites is 1.